The maximum absolute atomic E-state index is 12.5. The predicted octanol–water partition coefficient (Wildman–Crippen LogP) is 4.05. The van der Waals surface area contributed by atoms with Crippen LogP contribution in [-0.2, 0) is 9.53 Å². The molecule has 2 saturated heterocycles. The summed E-state index contributed by atoms with van der Waals surface area (Å²) in [6.45, 7) is 2.14. The summed E-state index contributed by atoms with van der Waals surface area (Å²) < 4.78 is 5.83. The normalized spacial score (nSPS) is 29.1. The maximum atomic E-state index is 12.5. The molecule has 2 bridgehead atoms. The van der Waals surface area contributed by atoms with E-state index in [1.807, 2.05) is 0 Å². The van der Waals surface area contributed by atoms with Crippen LogP contribution in [0.1, 0.15) is 77.6 Å². The molecular weight excluding hydrogens is 320 g/mol. The van der Waals surface area contributed by atoms with Crippen LogP contribution in [0.3, 0.4) is 0 Å². The Bertz CT molecular complexity index is 502. The third-order valence-corrected chi connectivity index (χ3v) is 5.72. The summed E-state index contributed by atoms with van der Waals surface area (Å²) in [5.74, 6) is 0.00613. The Kier molecular flexibility index (Phi) is 7.83. The van der Waals surface area contributed by atoms with Gasteiger partial charge < -0.3 is 4.74 Å². The van der Waals surface area contributed by atoms with Gasteiger partial charge in [0, 0.05) is 24.2 Å². The van der Waals surface area contributed by atoms with Crippen molar-refractivity contribution >= 4 is 5.78 Å². The maximum Gasteiger partial charge on any atom is 0.213 e. The summed E-state index contributed by atoms with van der Waals surface area (Å²) in [4.78, 5) is 23.5. The van der Waals surface area contributed by atoms with Crippen LogP contribution in [0.25, 0.3) is 0 Å². The lowest BCUT2D eigenvalue weighted by Crippen LogP contribution is -2.49. The number of carbonyl (C=O) groups excluding carboxylic acids is 1. The van der Waals surface area contributed by atoms with Crippen LogP contribution in [0.5, 0.6) is 0 Å². The van der Waals surface area contributed by atoms with Crippen molar-refractivity contribution in [3.8, 4) is 6.07 Å². The summed E-state index contributed by atoms with van der Waals surface area (Å²) in [5, 5.41) is 20.4. The summed E-state index contributed by atoms with van der Waals surface area (Å²) >= 11 is 0. The molecule has 6 heteroatoms. The van der Waals surface area contributed by atoms with Gasteiger partial charge in [-0.3, -0.25) is 14.9 Å². The Morgan fingerprint density at radius 1 is 1.28 bits per heavy atom. The smallest absolute Gasteiger partial charge is 0.213 e. The van der Waals surface area contributed by atoms with Crippen LogP contribution in [0, 0.1) is 33.3 Å². The van der Waals surface area contributed by atoms with Crippen molar-refractivity contribution in [2.24, 2.45) is 11.8 Å². The Labute approximate surface area is 150 Å². The van der Waals surface area contributed by atoms with Crippen molar-refractivity contribution < 1.29 is 14.5 Å². The second-order valence-corrected chi connectivity index (χ2v) is 7.55. The fraction of sp³-hybridized carbons (Fsp3) is 0.895. The monoisotopic (exact) mass is 350 g/mol. The fourth-order valence-electron chi connectivity index (χ4n) is 4.18. The molecule has 140 valence electrons. The van der Waals surface area contributed by atoms with Gasteiger partial charge in [-0.1, -0.05) is 32.6 Å². The molecule has 5 unspecified atom stereocenters. The Hall–Kier alpha value is -1.48. The molecule has 0 aromatic carbocycles. The highest BCUT2D eigenvalue weighted by atomic mass is 16.6. The number of rotatable bonds is 11. The third-order valence-electron chi connectivity index (χ3n) is 5.72. The Morgan fingerprint density at radius 2 is 2.04 bits per heavy atom. The second-order valence-electron chi connectivity index (χ2n) is 7.55. The van der Waals surface area contributed by atoms with Gasteiger partial charge in [-0.25, -0.2) is 0 Å². The molecule has 3 fully saturated rings. The van der Waals surface area contributed by atoms with Gasteiger partial charge in [-0.05, 0) is 31.6 Å². The van der Waals surface area contributed by atoms with Crippen LogP contribution in [0.4, 0.5) is 0 Å². The number of ketones is 1. The molecule has 0 aromatic rings. The van der Waals surface area contributed by atoms with Crippen molar-refractivity contribution in [2.45, 2.75) is 95.8 Å². The highest BCUT2D eigenvalue weighted by Crippen LogP contribution is 2.41. The molecule has 1 aliphatic carbocycles. The van der Waals surface area contributed by atoms with E-state index < -0.39 is 12.1 Å². The topological polar surface area (TPSA) is 93.2 Å². The van der Waals surface area contributed by atoms with E-state index in [1.165, 1.54) is 6.42 Å². The molecule has 5 atom stereocenters. The van der Waals surface area contributed by atoms with Gasteiger partial charge in [0.2, 0.25) is 6.04 Å². The molecule has 0 aromatic heterocycles. The van der Waals surface area contributed by atoms with Crippen molar-refractivity contribution in [3.05, 3.63) is 10.1 Å². The molecular formula is C19H30N2O4. The van der Waals surface area contributed by atoms with E-state index in [9.17, 15) is 14.9 Å². The number of fused-ring (bicyclic) bond motifs is 3. The van der Waals surface area contributed by atoms with Crippen LogP contribution in [0.2, 0.25) is 0 Å². The van der Waals surface area contributed by atoms with E-state index in [2.05, 4.69) is 13.0 Å². The number of hydrogen-bond donors (Lipinski definition) is 0. The van der Waals surface area contributed by atoms with Crippen molar-refractivity contribution in [1.29, 1.82) is 5.26 Å². The molecule has 0 radical (unpaired) electrons. The molecule has 6 nitrogen and oxygen atoms in total. The molecule has 2 aliphatic heterocycles. The van der Waals surface area contributed by atoms with Crippen molar-refractivity contribution in [2.75, 3.05) is 0 Å². The van der Waals surface area contributed by atoms with Gasteiger partial charge in [0.15, 0.2) is 5.78 Å². The lowest BCUT2D eigenvalue weighted by Gasteiger charge is -2.44. The SMILES string of the molecule is CCCCCCCC(CCC(=O)C1OC2CCC1CC2C#N)[N+](=O)[O-]. The van der Waals surface area contributed by atoms with E-state index in [4.69, 9.17) is 10.00 Å². The summed E-state index contributed by atoms with van der Waals surface area (Å²) in [5.41, 5.74) is 0. The zero-order valence-corrected chi connectivity index (χ0v) is 15.2. The average molecular weight is 350 g/mol. The third kappa shape index (κ3) is 5.50. The Balaban J connectivity index is 1.76. The van der Waals surface area contributed by atoms with Gasteiger partial charge in [0.05, 0.1) is 18.1 Å². The molecule has 1 saturated carbocycles. The molecule has 2 heterocycles. The van der Waals surface area contributed by atoms with E-state index in [0.717, 1.165) is 44.9 Å². The van der Waals surface area contributed by atoms with Gasteiger partial charge >= 0.3 is 0 Å². The minimum atomic E-state index is -0.627. The molecule has 25 heavy (non-hydrogen) atoms. The summed E-state index contributed by atoms with van der Waals surface area (Å²) in [7, 11) is 0. The molecule has 0 spiro atoms. The van der Waals surface area contributed by atoms with Crippen LogP contribution in [0.15, 0.2) is 0 Å². The van der Waals surface area contributed by atoms with Gasteiger partial charge in [-0.2, -0.15) is 5.26 Å². The minimum Gasteiger partial charge on any atom is -0.366 e. The number of carbonyl (C=O) groups is 1. The quantitative estimate of drug-likeness (QED) is 0.318. The lowest BCUT2D eigenvalue weighted by molar-refractivity contribution is -0.524. The number of ether oxygens (including phenoxy) is 1. The summed E-state index contributed by atoms with van der Waals surface area (Å²) in [6, 6.07) is 1.65. The first kappa shape index (κ1) is 19.8. The average Bonchev–Trinajstić information content (AvgIpc) is 2.63. The van der Waals surface area contributed by atoms with E-state index in [-0.39, 0.29) is 35.1 Å². The van der Waals surface area contributed by atoms with Crippen LogP contribution >= 0.6 is 0 Å². The lowest BCUT2D eigenvalue weighted by atomic mass is 9.73. The highest BCUT2D eigenvalue weighted by molar-refractivity contribution is 5.83. The number of nitro groups is 1. The first-order chi connectivity index (χ1) is 12.1. The number of unbranched alkanes of at least 4 members (excludes halogenated alkanes) is 4. The van der Waals surface area contributed by atoms with Gasteiger partial charge in [0.25, 0.3) is 0 Å². The van der Waals surface area contributed by atoms with E-state index in [0.29, 0.717) is 12.8 Å². The van der Waals surface area contributed by atoms with Gasteiger partial charge in [-0.15, -0.1) is 0 Å². The molecule has 3 rings (SSSR count). The predicted molar refractivity (Wildman–Crippen MR) is 93.5 cm³/mol. The number of nitrogens with zero attached hydrogens (tertiary/aromatic N) is 2. The Morgan fingerprint density at radius 3 is 2.64 bits per heavy atom. The summed E-state index contributed by atoms with van der Waals surface area (Å²) in [6.07, 6.45) is 8.34. The van der Waals surface area contributed by atoms with E-state index >= 15 is 0 Å². The number of nitriles is 1. The number of Topliss-reactive ketones (excluding diaryl/α,β-unsaturated/α-hetero) is 1. The number of hydrogen-bond acceptors (Lipinski definition) is 5. The van der Waals surface area contributed by atoms with E-state index in [1.54, 1.807) is 0 Å². The zero-order valence-electron chi connectivity index (χ0n) is 15.2. The largest absolute Gasteiger partial charge is 0.366 e. The minimum absolute atomic E-state index is 0.0103. The second kappa shape index (κ2) is 9.86. The molecule has 0 amide bonds. The fourth-order valence-corrected chi connectivity index (χ4v) is 4.18. The highest BCUT2D eigenvalue weighted by Gasteiger charge is 2.45. The molecule has 0 N–H and O–H groups in total. The van der Waals surface area contributed by atoms with Crippen molar-refractivity contribution in [1.82, 2.24) is 0 Å². The van der Waals surface area contributed by atoms with Gasteiger partial charge in [0.1, 0.15) is 6.10 Å². The zero-order chi connectivity index (χ0) is 18.2. The van der Waals surface area contributed by atoms with Crippen LogP contribution in [-0.4, -0.2) is 29.0 Å². The standard InChI is InChI=1S/C19H30N2O4/c1-2-3-4-5-6-7-16(21(23)24)9-10-17(22)19-14-8-11-18(25-19)15(12-14)13-20/h14-16,18-19H,2-12H2,1H3. The van der Waals surface area contributed by atoms with Crippen LogP contribution < -0.4 is 0 Å². The first-order valence-corrected chi connectivity index (χ1v) is 9.78. The first-order valence-electron chi connectivity index (χ1n) is 9.78. The van der Waals surface area contributed by atoms with Crippen molar-refractivity contribution in [3.63, 3.8) is 0 Å². The molecule has 3 aliphatic rings.